The predicted octanol–water partition coefficient (Wildman–Crippen LogP) is 6.05. The molecule has 1 aliphatic heterocycles. The van der Waals surface area contributed by atoms with Crippen LogP contribution >= 0.6 is 23.4 Å². The average Bonchev–Trinajstić information content (AvgIpc) is 2.61. The summed E-state index contributed by atoms with van der Waals surface area (Å²) in [5, 5.41) is 1.30. The zero-order valence-corrected chi connectivity index (χ0v) is 15.0. The van der Waals surface area contributed by atoms with Gasteiger partial charge in [0.1, 0.15) is 0 Å². The zero-order valence-electron chi connectivity index (χ0n) is 13.5. The molecule has 2 aromatic carbocycles. The molecular weight excluding hydrogens is 322 g/mol. The van der Waals surface area contributed by atoms with Gasteiger partial charge in [-0.05, 0) is 68.7 Å². The van der Waals surface area contributed by atoms with Gasteiger partial charge in [0, 0.05) is 15.2 Å². The Morgan fingerprint density at radius 3 is 2.30 bits per heavy atom. The van der Waals surface area contributed by atoms with E-state index in [1.54, 1.807) is 0 Å². The summed E-state index contributed by atoms with van der Waals surface area (Å²) in [4.78, 5) is 3.96. The number of thioether (sulfide) groups is 1. The minimum atomic E-state index is 0.483. The van der Waals surface area contributed by atoms with Crippen LogP contribution in [0.15, 0.2) is 59.5 Å². The second kappa shape index (κ2) is 8.77. The van der Waals surface area contributed by atoms with Crippen molar-refractivity contribution < 1.29 is 0 Å². The van der Waals surface area contributed by atoms with Crippen LogP contribution in [-0.2, 0) is 0 Å². The van der Waals surface area contributed by atoms with Crippen LogP contribution in [-0.4, -0.2) is 24.5 Å². The van der Waals surface area contributed by atoms with E-state index in [1.165, 1.54) is 55.8 Å². The molecule has 23 heavy (non-hydrogen) atoms. The predicted molar refractivity (Wildman–Crippen MR) is 101 cm³/mol. The van der Waals surface area contributed by atoms with Gasteiger partial charge in [-0.2, -0.15) is 0 Å². The third-order valence-electron chi connectivity index (χ3n) is 4.42. The highest BCUT2D eigenvalue weighted by molar-refractivity contribution is 7.99. The molecule has 1 aliphatic rings. The number of halogens is 1. The minimum Gasteiger partial charge on any atom is -0.303 e. The van der Waals surface area contributed by atoms with Crippen molar-refractivity contribution in [2.45, 2.75) is 35.8 Å². The average molecular weight is 346 g/mol. The normalized spacial score (nSPS) is 17.1. The third-order valence-corrected chi connectivity index (χ3v) is 6.01. The van der Waals surface area contributed by atoms with Crippen LogP contribution in [0.5, 0.6) is 0 Å². The second-order valence-corrected chi connectivity index (χ2v) is 7.87. The number of piperidine rings is 1. The highest BCUT2D eigenvalue weighted by atomic mass is 35.5. The van der Waals surface area contributed by atoms with Gasteiger partial charge in [-0.3, -0.25) is 0 Å². The lowest BCUT2D eigenvalue weighted by molar-refractivity contribution is 0.226. The molecule has 122 valence electrons. The Kier molecular flexibility index (Phi) is 6.44. The quantitative estimate of drug-likeness (QED) is 0.586. The molecule has 3 rings (SSSR count). The summed E-state index contributed by atoms with van der Waals surface area (Å²) in [5.41, 5.74) is 1.38. The van der Waals surface area contributed by atoms with Crippen LogP contribution in [0, 0.1) is 0 Å². The molecule has 1 fully saturated rings. The van der Waals surface area contributed by atoms with Crippen LogP contribution < -0.4 is 0 Å². The first-order chi connectivity index (χ1) is 11.3. The van der Waals surface area contributed by atoms with Gasteiger partial charge in [-0.1, -0.05) is 48.4 Å². The van der Waals surface area contributed by atoms with E-state index in [2.05, 4.69) is 47.4 Å². The number of likely N-dealkylation sites (tertiary alicyclic amines) is 1. The molecule has 0 bridgehead atoms. The summed E-state index contributed by atoms with van der Waals surface area (Å²) >= 11 is 8.03. The number of nitrogens with zero attached hydrogens (tertiary/aromatic N) is 1. The maximum Gasteiger partial charge on any atom is 0.0406 e. The summed E-state index contributed by atoms with van der Waals surface area (Å²) in [6.07, 6.45) is 5.30. The van der Waals surface area contributed by atoms with Crippen LogP contribution in [0.4, 0.5) is 0 Å². The van der Waals surface area contributed by atoms with Crippen LogP contribution in [0.1, 0.15) is 36.5 Å². The van der Waals surface area contributed by atoms with E-state index in [0.717, 1.165) is 5.02 Å². The highest BCUT2D eigenvalue weighted by Gasteiger charge is 2.16. The Hall–Kier alpha value is -0.960. The Morgan fingerprint density at radius 1 is 0.913 bits per heavy atom. The number of hydrogen-bond donors (Lipinski definition) is 0. The fraction of sp³-hybridized carbons (Fsp3) is 0.400. The molecule has 0 N–H and O–H groups in total. The van der Waals surface area contributed by atoms with Crippen LogP contribution in [0.2, 0.25) is 5.02 Å². The van der Waals surface area contributed by atoms with Crippen molar-refractivity contribution >= 4 is 23.4 Å². The first kappa shape index (κ1) is 16.9. The van der Waals surface area contributed by atoms with Gasteiger partial charge < -0.3 is 4.90 Å². The van der Waals surface area contributed by atoms with Crippen LogP contribution in [0.25, 0.3) is 0 Å². The maximum absolute atomic E-state index is 6.06. The summed E-state index contributed by atoms with van der Waals surface area (Å²) < 4.78 is 0. The van der Waals surface area contributed by atoms with Crippen LogP contribution in [0.3, 0.4) is 0 Å². The van der Waals surface area contributed by atoms with Gasteiger partial charge >= 0.3 is 0 Å². The van der Waals surface area contributed by atoms with E-state index in [4.69, 9.17) is 11.6 Å². The fourth-order valence-electron chi connectivity index (χ4n) is 3.12. The lowest BCUT2D eigenvalue weighted by Crippen LogP contribution is -2.31. The largest absolute Gasteiger partial charge is 0.303 e. The first-order valence-corrected chi connectivity index (χ1v) is 9.76. The van der Waals surface area contributed by atoms with Crippen molar-refractivity contribution in [3.63, 3.8) is 0 Å². The molecule has 1 atom stereocenters. The Bertz CT molecular complexity index is 578. The molecular formula is C20H24ClNS. The lowest BCUT2D eigenvalue weighted by atomic mass is 10.1. The molecule has 1 unspecified atom stereocenters. The second-order valence-electron chi connectivity index (χ2n) is 6.16. The molecule has 3 heteroatoms. The number of hydrogen-bond acceptors (Lipinski definition) is 2. The summed E-state index contributed by atoms with van der Waals surface area (Å²) in [6, 6.07) is 19.1. The molecule has 0 radical (unpaired) electrons. The number of rotatable bonds is 6. The van der Waals surface area contributed by atoms with Gasteiger partial charge in [-0.15, -0.1) is 11.8 Å². The highest BCUT2D eigenvalue weighted by Crippen LogP contribution is 2.38. The van der Waals surface area contributed by atoms with Crippen molar-refractivity contribution in [3.8, 4) is 0 Å². The maximum atomic E-state index is 6.06. The molecule has 1 saturated heterocycles. The van der Waals surface area contributed by atoms with E-state index < -0.39 is 0 Å². The molecule has 0 amide bonds. The summed E-state index contributed by atoms with van der Waals surface area (Å²) in [6.45, 7) is 3.72. The van der Waals surface area contributed by atoms with Crippen molar-refractivity contribution in [1.82, 2.24) is 4.90 Å². The standard InChI is InChI=1S/C20H24ClNS/c21-18-11-9-17(10-12-18)20(23-19-7-3-1-4-8-19)13-16-22-14-5-2-6-15-22/h1,3-4,7-12,20H,2,5-6,13-16H2. The molecule has 0 aliphatic carbocycles. The Labute approximate surface area is 149 Å². The van der Waals surface area contributed by atoms with E-state index >= 15 is 0 Å². The van der Waals surface area contributed by atoms with Gasteiger partial charge in [0.25, 0.3) is 0 Å². The van der Waals surface area contributed by atoms with Crippen molar-refractivity contribution in [1.29, 1.82) is 0 Å². The minimum absolute atomic E-state index is 0.483. The van der Waals surface area contributed by atoms with Gasteiger partial charge in [-0.25, -0.2) is 0 Å². The monoisotopic (exact) mass is 345 g/mol. The molecule has 0 saturated carbocycles. The molecule has 0 aromatic heterocycles. The molecule has 2 aromatic rings. The van der Waals surface area contributed by atoms with Crippen molar-refractivity contribution in [2.75, 3.05) is 19.6 Å². The molecule has 0 spiro atoms. The Morgan fingerprint density at radius 2 is 1.61 bits per heavy atom. The molecule has 1 nitrogen and oxygen atoms in total. The first-order valence-electron chi connectivity index (χ1n) is 8.51. The topological polar surface area (TPSA) is 3.24 Å². The van der Waals surface area contributed by atoms with E-state index in [-0.39, 0.29) is 0 Å². The smallest absolute Gasteiger partial charge is 0.0406 e. The summed E-state index contributed by atoms with van der Waals surface area (Å²) in [7, 11) is 0. The van der Waals surface area contributed by atoms with Gasteiger partial charge in [0.15, 0.2) is 0 Å². The third kappa shape index (κ3) is 5.27. The van der Waals surface area contributed by atoms with E-state index in [9.17, 15) is 0 Å². The fourth-order valence-corrected chi connectivity index (χ4v) is 4.40. The van der Waals surface area contributed by atoms with Crippen molar-refractivity contribution in [3.05, 3.63) is 65.2 Å². The van der Waals surface area contributed by atoms with E-state index in [0.29, 0.717) is 5.25 Å². The van der Waals surface area contributed by atoms with Crippen molar-refractivity contribution in [2.24, 2.45) is 0 Å². The zero-order chi connectivity index (χ0) is 15.9. The lowest BCUT2D eigenvalue weighted by Gasteiger charge is -2.28. The summed E-state index contributed by atoms with van der Waals surface area (Å²) in [5.74, 6) is 0. The van der Waals surface area contributed by atoms with E-state index in [1.807, 2.05) is 23.9 Å². The SMILES string of the molecule is Clc1ccc(C(CCN2CCCCC2)Sc2ccccc2)cc1. The molecule has 1 heterocycles. The van der Waals surface area contributed by atoms with Gasteiger partial charge in [0.2, 0.25) is 0 Å². The van der Waals surface area contributed by atoms with Gasteiger partial charge in [0.05, 0.1) is 0 Å². The number of benzene rings is 2. The Balaban J connectivity index is 1.68.